The molecular weight excluding hydrogens is 193 g/mol. The van der Waals surface area contributed by atoms with E-state index in [4.69, 9.17) is 0 Å². The van der Waals surface area contributed by atoms with Crippen LogP contribution in [-0.2, 0) is 6.54 Å². The Morgan fingerprint density at radius 2 is 2.33 bits per heavy atom. The predicted octanol–water partition coefficient (Wildman–Crippen LogP) is 1.78. The minimum absolute atomic E-state index is 0.190. The molecule has 1 heterocycles. The van der Waals surface area contributed by atoms with Gasteiger partial charge in [-0.3, -0.25) is 4.90 Å². The molecule has 82 valence electrons. The van der Waals surface area contributed by atoms with Crippen LogP contribution in [0, 0.1) is 5.82 Å². The molecule has 0 amide bonds. The third kappa shape index (κ3) is 3.01. The molecule has 0 aliphatic carbocycles. The number of nitrogens with zero attached hydrogens (tertiary/aromatic N) is 1. The zero-order valence-electron chi connectivity index (χ0n) is 8.69. The first-order valence-corrected chi connectivity index (χ1v) is 5.39. The Kier molecular flexibility index (Phi) is 3.34. The number of benzene rings is 1. The molecule has 1 aliphatic rings. The largest absolute Gasteiger partial charge is 0.392 e. The Labute approximate surface area is 89.3 Å². The molecule has 1 atom stereocenters. The van der Waals surface area contributed by atoms with Gasteiger partial charge in [-0.15, -0.1) is 0 Å². The summed E-state index contributed by atoms with van der Waals surface area (Å²) < 4.78 is 12.9. The van der Waals surface area contributed by atoms with Crippen molar-refractivity contribution in [1.82, 2.24) is 4.90 Å². The summed E-state index contributed by atoms with van der Waals surface area (Å²) in [6.07, 6.45) is 1.70. The van der Waals surface area contributed by atoms with E-state index >= 15 is 0 Å². The topological polar surface area (TPSA) is 23.5 Å². The monoisotopic (exact) mass is 209 g/mol. The van der Waals surface area contributed by atoms with Crippen molar-refractivity contribution in [1.29, 1.82) is 0 Å². The maximum absolute atomic E-state index is 12.9. The molecule has 1 aromatic rings. The van der Waals surface area contributed by atoms with Crippen LogP contribution in [0.15, 0.2) is 24.3 Å². The number of piperidine rings is 1. The molecule has 0 bridgehead atoms. The van der Waals surface area contributed by atoms with Gasteiger partial charge in [0.1, 0.15) is 5.82 Å². The maximum atomic E-state index is 12.9. The second kappa shape index (κ2) is 4.73. The van der Waals surface area contributed by atoms with Gasteiger partial charge in [-0.25, -0.2) is 4.39 Å². The number of likely N-dealkylation sites (tertiary alicyclic amines) is 1. The fourth-order valence-electron chi connectivity index (χ4n) is 2.07. The van der Waals surface area contributed by atoms with E-state index in [1.807, 2.05) is 6.07 Å². The van der Waals surface area contributed by atoms with E-state index in [0.717, 1.165) is 31.5 Å². The second-order valence-corrected chi connectivity index (χ2v) is 4.16. The van der Waals surface area contributed by atoms with Crippen molar-refractivity contribution in [3.8, 4) is 0 Å². The number of hydrogen-bond acceptors (Lipinski definition) is 2. The Bertz CT molecular complexity index is 329. The third-order valence-corrected chi connectivity index (χ3v) is 2.78. The van der Waals surface area contributed by atoms with Crippen LogP contribution < -0.4 is 0 Å². The second-order valence-electron chi connectivity index (χ2n) is 4.16. The quantitative estimate of drug-likeness (QED) is 0.802. The van der Waals surface area contributed by atoms with Crippen LogP contribution in [0.3, 0.4) is 0 Å². The Morgan fingerprint density at radius 3 is 3.07 bits per heavy atom. The minimum atomic E-state index is -0.215. The molecule has 0 spiro atoms. The number of aliphatic hydroxyl groups is 1. The molecule has 0 saturated carbocycles. The van der Waals surface area contributed by atoms with Crippen LogP contribution in [0.1, 0.15) is 18.4 Å². The first kappa shape index (κ1) is 10.6. The first-order chi connectivity index (χ1) is 7.24. The lowest BCUT2D eigenvalue weighted by atomic mass is 10.1. The lowest BCUT2D eigenvalue weighted by Gasteiger charge is -2.29. The molecule has 0 radical (unpaired) electrons. The molecule has 2 nitrogen and oxygen atoms in total. The van der Waals surface area contributed by atoms with Crippen molar-refractivity contribution in [3.63, 3.8) is 0 Å². The fourth-order valence-corrected chi connectivity index (χ4v) is 2.07. The van der Waals surface area contributed by atoms with Gasteiger partial charge in [-0.1, -0.05) is 12.1 Å². The first-order valence-electron chi connectivity index (χ1n) is 5.39. The average molecular weight is 209 g/mol. The molecule has 0 aromatic heterocycles. The summed E-state index contributed by atoms with van der Waals surface area (Å²) >= 11 is 0. The van der Waals surface area contributed by atoms with Crippen LogP contribution in [0.4, 0.5) is 4.39 Å². The summed E-state index contributed by atoms with van der Waals surface area (Å²) in [6, 6.07) is 6.66. The van der Waals surface area contributed by atoms with Crippen LogP contribution in [0.2, 0.25) is 0 Å². The van der Waals surface area contributed by atoms with E-state index in [0.29, 0.717) is 6.54 Å². The van der Waals surface area contributed by atoms with Gasteiger partial charge >= 0.3 is 0 Å². The van der Waals surface area contributed by atoms with Crippen molar-refractivity contribution >= 4 is 0 Å². The normalized spacial score (nSPS) is 22.9. The van der Waals surface area contributed by atoms with Crippen molar-refractivity contribution in [2.45, 2.75) is 25.5 Å². The number of rotatable bonds is 2. The van der Waals surface area contributed by atoms with Crippen molar-refractivity contribution in [2.24, 2.45) is 0 Å². The number of halogens is 1. The Morgan fingerprint density at radius 1 is 1.47 bits per heavy atom. The number of aliphatic hydroxyl groups excluding tert-OH is 1. The SMILES string of the molecule is O[C@H]1CCCN(Cc2cccc(F)c2)C1. The highest BCUT2D eigenvalue weighted by atomic mass is 19.1. The molecule has 15 heavy (non-hydrogen) atoms. The van der Waals surface area contributed by atoms with Gasteiger partial charge in [-0.05, 0) is 37.1 Å². The average Bonchev–Trinajstić information content (AvgIpc) is 2.17. The zero-order chi connectivity index (χ0) is 10.7. The smallest absolute Gasteiger partial charge is 0.123 e. The number of hydrogen-bond donors (Lipinski definition) is 1. The summed E-state index contributed by atoms with van der Waals surface area (Å²) in [5, 5.41) is 9.50. The maximum Gasteiger partial charge on any atom is 0.123 e. The highest BCUT2D eigenvalue weighted by molar-refractivity contribution is 5.16. The summed E-state index contributed by atoms with van der Waals surface area (Å²) in [4.78, 5) is 2.17. The summed E-state index contributed by atoms with van der Waals surface area (Å²) in [6.45, 7) is 2.43. The fraction of sp³-hybridized carbons (Fsp3) is 0.500. The van der Waals surface area contributed by atoms with Gasteiger partial charge in [0.05, 0.1) is 6.10 Å². The molecular formula is C12H16FNO. The molecule has 1 fully saturated rings. The highest BCUT2D eigenvalue weighted by Crippen LogP contribution is 2.14. The van der Waals surface area contributed by atoms with Gasteiger partial charge in [0.15, 0.2) is 0 Å². The van der Waals surface area contributed by atoms with E-state index in [1.165, 1.54) is 6.07 Å². The molecule has 0 unspecified atom stereocenters. The van der Waals surface area contributed by atoms with E-state index in [9.17, 15) is 9.50 Å². The molecule has 1 aromatic carbocycles. The molecule has 1 saturated heterocycles. The van der Waals surface area contributed by atoms with Crippen molar-refractivity contribution in [2.75, 3.05) is 13.1 Å². The molecule has 1 N–H and O–H groups in total. The molecule has 3 heteroatoms. The Balaban J connectivity index is 1.96. The van der Waals surface area contributed by atoms with E-state index in [2.05, 4.69) is 4.90 Å². The van der Waals surface area contributed by atoms with Crippen LogP contribution in [0.5, 0.6) is 0 Å². The third-order valence-electron chi connectivity index (χ3n) is 2.78. The summed E-state index contributed by atoms with van der Waals surface area (Å²) in [5.41, 5.74) is 0.976. The van der Waals surface area contributed by atoms with E-state index < -0.39 is 0 Å². The van der Waals surface area contributed by atoms with E-state index in [1.54, 1.807) is 12.1 Å². The van der Waals surface area contributed by atoms with Gasteiger partial charge < -0.3 is 5.11 Å². The van der Waals surface area contributed by atoms with E-state index in [-0.39, 0.29) is 11.9 Å². The van der Waals surface area contributed by atoms with Crippen LogP contribution in [0.25, 0.3) is 0 Å². The predicted molar refractivity (Wildman–Crippen MR) is 56.9 cm³/mol. The van der Waals surface area contributed by atoms with Crippen molar-refractivity contribution < 1.29 is 9.50 Å². The standard InChI is InChI=1S/C12H16FNO/c13-11-4-1-3-10(7-11)8-14-6-2-5-12(15)9-14/h1,3-4,7,12,15H,2,5-6,8-9H2/t12-/m0/s1. The minimum Gasteiger partial charge on any atom is -0.392 e. The summed E-state index contributed by atoms with van der Waals surface area (Å²) in [5.74, 6) is -0.190. The number of β-amino-alcohol motifs (C(OH)–C–C–N with tert-alkyl or cyclic N) is 1. The lowest BCUT2D eigenvalue weighted by Crippen LogP contribution is -2.37. The van der Waals surface area contributed by atoms with Gasteiger partial charge in [0.25, 0.3) is 0 Å². The zero-order valence-corrected chi connectivity index (χ0v) is 8.69. The van der Waals surface area contributed by atoms with Gasteiger partial charge in [0, 0.05) is 13.1 Å². The van der Waals surface area contributed by atoms with Gasteiger partial charge in [-0.2, -0.15) is 0 Å². The lowest BCUT2D eigenvalue weighted by molar-refractivity contribution is 0.0668. The van der Waals surface area contributed by atoms with Crippen LogP contribution in [-0.4, -0.2) is 29.2 Å². The highest BCUT2D eigenvalue weighted by Gasteiger charge is 2.17. The Hall–Kier alpha value is -0.930. The molecule has 2 rings (SSSR count). The van der Waals surface area contributed by atoms with Gasteiger partial charge in [0.2, 0.25) is 0 Å². The van der Waals surface area contributed by atoms with Crippen LogP contribution >= 0.6 is 0 Å². The van der Waals surface area contributed by atoms with Crippen molar-refractivity contribution in [3.05, 3.63) is 35.6 Å². The summed E-state index contributed by atoms with van der Waals surface area (Å²) in [7, 11) is 0. The molecule has 1 aliphatic heterocycles.